The van der Waals surface area contributed by atoms with E-state index >= 15 is 0 Å². The second-order valence-corrected chi connectivity index (χ2v) is 5.75. The van der Waals surface area contributed by atoms with Crippen molar-refractivity contribution in [2.75, 3.05) is 13.7 Å². The van der Waals surface area contributed by atoms with Crippen molar-refractivity contribution in [1.82, 2.24) is 5.32 Å². The minimum Gasteiger partial charge on any atom is -0.493 e. The monoisotopic (exact) mass is 261 g/mol. The smallest absolute Gasteiger partial charge is 0.161 e. The molecule has 0 spiro atoms. The average Bonchev–Trinajstić information content (AvgIpc) is 3.19. The molecule has 2 saturated carbocycles. The molecule has 0 atom stereocenters. The summed E-state index contributed by atoms with van der Waals surface area (Å²) in [6, 6.07) is 6.98. The molecule has 2 aliphatic rings. The topological polar surface area (TPSA) is 30.5 Å². The third kappa shape index (κ3) is 3.41. The van der Waals surface area contributed by atoms with Gasteiger partial charge in [0.2, 0.25) is 0 Å². The first-order valence-corrected chi connectivity index (χ1v) is 7.38. The SMILES string of the molecule is COc1ccc(CNC2CC2)cc1OCC1CCC1. The molecular formula is C16H23NO2. The van der Waals surface area contributed by atoms with Crippen LogP contribution in [0, 0.1) is 5.92 Å². The molecule has 104 valence electrons. The highest BCUT2D eigenvalue weighted by Gasteiger charge is 2.21. The number of hydrogen-bond donors (Lipinski definition) is 1. The van der Waals surface area contributed by atoms with E-state index in [4.69, 9.17) is 9.47 Å². The van der Waals surface area contributed by atoms with Crippen LogP contribution in [0.25, 0.3) is 0 Å². The van der Waals surface area contributed by atoms with Crippen LogP contribution in [0.3, 0.4) is 0 Å². The second kappa shape index (κ2) is 5.83. The number of rotatable bonds is 7. The molecule has 1 N–H and O–H groups in total. The third-order valence-corrected chi connectivity index (χ3v) is 4.10. The van der Waals surface area contributed by atoms with Crippen molar-refractivity contribution in [3.8, 4) is 11.5 Å². The molecule has 3 heteroatoms. The fraction of sp³-hybridized carbons (Fsp3) is 0.625. The third-order valence-electron chi connectivity index (χ3n) is 4.10. The van der Waals surface area contributed by atoms with Gasteiger partial charge in [-0.25, -0.2) is 0 Å². The number of benzene rings is 1. The van der Waals surface area contributed by atoms with E-state index in [2.05, 4.69) is 17.4 Å². The summed E-state index contributed by atoms with van der Waals surface area (Å²) in [6.45, 7) is 1.75. The van der Waals surface area contributed by atoms with Gasteiger partial charge in [0.1, 0.15) is 0 Å². The van der Waals surface area contributed by atoms with Crippen molar-refractivity contribution in [2.45, 2.75) is 44.7 Å². The van der Waals surface area contributed by atoms with Crippen molar-refractivity contribution in [3.63, 3.8) is 0 Å². The minimum atomic E-state index is 0.737. The Hall–Kier alpha value is -1.22. The highest BCUT2D eigenvalue weighted by atomic mass is 16.5. The molecule has 3 rings (SSSR count). The maximum atomic E-state index is 5.94. The van der Waals surface area contributed by atoms with Gasteiger partial charge in [0.15, 0.2) is 11.5 Å². The van der Waals surface area contributed by atoms with Gasteiger partial charge in [-0.05, 0) is 49.3 Å². The fourth-order valence-corrected chi connectivity index (χ4v) is 2.36. The zero-order valence-electron chi connectivity index (χ0n) is 11.7. The number of ether oxygens (including phenoxy) is 2. The van der Waals surface area contributed by atoms with Gasteiger partial charge in [-0.15, -0.1) is 0 Å². The van der Waals surface area contributed by atoms with Crippen LogP contribution in [0.2, 0.25) is 0 Å². The normalized spacial score (nSPS) is 19.0. The highest BCUT2D eigenvalue weighted by molar-refractivity contribution is 5.43. The number of nitrogens with one attached hydrogen (secondary N) is 1. The molecule has 19 heavy (non-hydrogen) atoms. The van der Waals surface area contributed by atoms with Gasteiger partial charge in [0.25, 0.3) is 0 Å². The zero-order chi connectivity index (χ0) is 13.1. The number of hydrogen-bond acceptors (Lipinski definition) is 3. The van der Waals surface area contributed by atoms with Gasteiger partial charge >= 0.3 is 0 Å². The van der Waals surface area contributed by atoms with Crippen LogP contribution in [0.1, 0.15) is 37.7 Å². The summed E-state index contributed by atoms with van der Waals surface area (Å²) in [5.41, 5.74) is 1.27. The maximum absolute atomic E-state index is 5.94. The van der Waals surface area contributed by atoms with Gasteiger partial charge in [0, 0.05) is 12.6 Å². The molecule has 3 nitrogen and oxygen atoms in total. The lowest BCUT2D eigenvalue weighted by molar-refractivity contribution is 0.176. The maximum Gasteiger partial charge on any atom is 0.161 e. The minimum absolute atomic E-state index is 0.737. The summed E-state index contributed by atoms with van der Waals surface area (Å²) in [5.74, 6) is 2.48. The summed E-state index contributed by atoms with van der Waals surface area (Å²) >= 11 is 0. The molecule has 0 saturated heterocycles. The first-order chi connectivity index (χ1) is 9.35. The molecule has 0 bridgehead atoms. The van der Waals surface area contributed by atoms with Gasteiger partial charge < -0.3 is 14.8 Å². The predicted octanol–water partition coefficient (Wildman–Crippen LogP) is 3.13. The van der Waals surface area contributed by atoms with E-state index < -0.39 is 0 Å². The highest BCUT2D eigenvalue weighted by Crippen LogP contribution is 2.32. The van der Waals surface area contributed by atoms with Gasteiger partial charge in [-0.2, -0.15) is 0 Å². The molecule has 2 fully saturated rings. The first kappa shape index (κ1) is 12.8. The molecule has 2 aliphatic carbocycles. The lowest BCUT2D eigenvalue weighted by Gasteiger charge is -2.25. The molecule has 0 radical (unpaired) electrons. The Kier molecular flexibility index (Phi) is 3.92. The Morgan fingerprint density at radius 1 is 1.16 bits per heavy atom. The van der Waals surface area contributed by atoms with Crippen LogP contribution in [0.15, 0.2) is 18.2 Å². The summed E-state index contributed by atoms with van der Waals surface area (Å²) in [5, 5.41) is 3.53. The fourth-order valence-electron chi connectivity index (χ4n) is 2.36. The summed E-state index contributed by atoms with van der Waals surface area (Å²) in [7, 11) is 1.70. The summed E-state index contributed by atoms with van der Waals surface area (Å²) < 4.78 is 11.3. The quantitative estimate of drug-likeness (QED) is 0.818. The molecule has 0 amide bonds. The number of methoxy groups -OCH3 is 1. The van der Waals surface area contributed by atoms with Crippen LogP contribution in [-0.4, -0.2) is 19.8 Å². The van der Waals surface area contributed by atoms with Crippen LogP contribution in [0.4, 0.5) is 0 Å². The summed E-state index contributed by atoms with van der Waals surface area (Å²) in [4.78, 5) is 0. The van der Waals surface area contributed by atoms with E-state index in [9.17, 15) is 0 Å². The van der Waals surface area contributed by atoms with Crippen molar-refractivity contribution in [3.05, 3.63) is 23.8 Å². The predicted molar refractivity (Wildman–Crippen MR) is 75.7 cm³/mol. The zero-order valence-corrected chi connectivity index (χ0v) is 11.7. The average molecular weight is 261 g/mol. The Morgan fingerprint density at radius 3 is 2.63 bits per heavy atom. The largest absolute Gasteiger partial charge is 0.493 e. The van der Waals surface area contributed by atoms with Crippen LogP contribution in [-0.2, 0) is 6.54 Å². The molecule has 0 aliphatic heterocycles. The van der Waals surface area contributed by atoms with Crippen molar-refractivity contribution in [2.24, 2.45) is 5.92 Å². The Balaban J connectivity index is 1.61. The van der Waals surface area contributed by atoms with Crippen LogP contribution in [0.5, 0.6) is 11.5 Å². The van der Waals surface area contributed by atoms with E-state index in [0.717, 1.165) is 36.6 Å². The van der Waals surface area contributed by atoms with Crippen molar-refractivity contribution >= 4 is 0 Å². The van der Waals surface area contributed by atoms with Gasteiger partial charge in [-0.1, -0.05) is 12.5 Å². The van der Waals surface area contributed by atoms with E-state index in [1.165, 1.54) is 37.7 Å². The van der Waals surface area contributed by atoms with E-state index in [-0.39, 0.29) is 0 Å². The second-order valence-electron chi connectivity index (χ2n) is 5.75. The summed E-state index contributed by atoms with van der Waals surface area (Å²) in [6.07, 6.45) is 6.62. The molecule has 0 aromatic heterocycles. The van der Waals surface area contributed by atoms with Crippen LogP contribution < -0.4 is 14.8 Å². The standard InChI is InChI=1S/C16H23NO2/c1-18-15-8-5-13(10-17-14-6-7-14)9-16(15)19-11-12-3-2-4-12/h5,8-9,12,14,17H,2-4,6-7,10-11H2,1H3. The molecule has 0 heterocycles. The van der Waals surface area contributed by atoms with Gasteiger partial charge in [-0.3, -0.25) is 0 Å². The first-order valence-electron chi connectivity index (χ1n) is 7.38. The van der Waals surface area contributed by atoms with E-state index in [0.29, 0.717) is 0 Å². The Morgan fingerprint density at radius 2 is 2.00 bits per heavy atom. The van der Waals surface area contributed by atoms with E-state index in [1.54, 1.807) is 7.11 Å². The Bertz CT molecular complexity index is 425. The Labute approximate surface area is 115 Å². The molecular weight excluding hydrogens is 238 g/mol. The van der Waals surface area contributed by atoms with Crippen molar-refractivity contribution in [1.29, 1.82) is 0 Å². The van der Waals surface area contributed by atoms with Crippen LogP contribution >= 0.6 is 0 Å². The molecule has 0 unspecified atom stereocenters. The molecule has 1 aromatic carbocycles. The van der Waals surface area contributed by atoms with E-state index in [1.807, 2.05) is 6.07 Å². The van der Waals surface area contributed by atoms with Gasteiger partial charge in [0.05, 0.1) is 13.7 Å². The molecule has 1 aromatic rings. The lowest BCUT2D eigenvalue weighted by Crippen LogP contribution is -2.19. The lowest BCUT2D eigenvalue weighted by atomic mass is 9.86. The van der Waals surface area contributed by atoms with Crippen molar-refractivity contribution < 1.29 is 9.47 Å².